The number of ketones is 1. The number of ether oxygens (including phenoxy) is 2. The monoisotopic (exact) mass is 376 g/mol. The van der Waals surface area contributed by atoms with Gasteiger partial charge in [-0.15, -0.1) is 0 Å². The molecule has 0 heterocycles. The number of Topliss-reactive ketones (excluding diaryl/α,β-unsaturated/α-hetero) is 1. The second kappa shape index (κ2) is 7.42. The molecule has 2 aromatic carbocycles. The van der Waals surface area contributed by atoms with Gasteiger partial charge >= 0.3 is 5.97 Å². The van der Waals surface area contributed by atoms with Gasteiger partial charge in [0, 0.05) is 5.56 Å². The maximum atomic E-state index is 12.2. The number of halogens is 1. The van der Waals surface area contributed by atoms with Gasteiger partial charge in [-0.3, -0.25) is 4.79 Å². The Morgan fingerprint density at radius 3 is 2.30 bits per heavy atom. The van der Waals surface area contributed by atoms with E-state index in [1.54, 1.807) is 24.3 Å². The van der Waals surface area contributed by atoms with Gasteiger partial charge in [0.1, 0.15) is 5.75 Å². The third kappa shape index (κ3) is 4.20. The minimum absolute atomic E-state index is 0.0708. The summed E-state index contributed by atoms with van der Waals surface area (Å²) in [4.78, 5) is 23.6. The van der Waals surface area contributed by atoms with Gasteiger partial charge in [0.05, 0.1) is 17.1 Å². The van der Waals surface area contributed by atoms with Gasteiger partial charge < -0.3 is 9.47 Å². The number of esters is 1. The summed E-state index contributed by atoms with van der Waals surface area (Å²) in [6.45, 7) is 3.90. The van der Waals surface area contributed by atoms with E-state index in [9.17, 15) is 9.59 Å². The van der Waals surface area contributed by atoms with Crippen molar-refractivity contribution in [2.75, 3.05) is 13.7 Å². The molecule has 0 saturated carbocycles. The highest BCUT2D eigenvalue weighted by molar-refractivity contribution is 9.10. The molecule has 4 nitrogen and oxygen atoms in total. The standard InChI is InChI=1S/C18H17BrO4/c1-11-4-5-13(8-12(11)2)16(20)10-23-17-7-6-14(9-15(17)19)18(21)22-3/h4-9H,10H2,1-3H3. The molecule has 0 fully saturated rings. The van der Waals surface area contributed by atoms with Crippen molar-refractivity contribution in [1.82, 2.24) is 0 Å². The van der Waals surface area contributed by atoms with Crippen molar-refractivity contribution in [2.24, 2.45) is 0 Å². The van der Waals surface area contributed by atoms with E-state index in [0.717, 1.165) is 11.1 Å². The molecule has 0 aromatic heterocycles. The van der Waals surface area contributed by atoms with E-state index >= 15 is 0 Å². The van der Waals surface area contributed by atoms with Crippen LogP contribution in [0.25, 0.3) is 0 Å². The van der Waals surface area contributed by atoms with E-state index in [1.807, 2.05) is 26.0 Å². The third-order valence-corrected chi connectivity index (χ3v) is 4.16. The van der Waals surface area contributed by atoms with Crippen molar-refractivity contribution < 1.29 is 19.1 Å². The van der Waals surface area contributed by atoms with Gasteiger partial charge in [0.25, 0.3) is 0 Å². The second-order valence-electron chi connectivity index (χ2n) is 5.15. The number of carbonyl (C=O) groups is 2. The molecule has 0 unspecified atom stereocenters. The van der Waals surface area contributed by atoms with E-state index in [4.69, 9.17) is 4.74 Å². The molecule has 2 rings (SSSR count). The summed E-state index contributed by atoms with van der Waals surface area (Å²) in [6.07, 6.45) is 0. The van der Waals surface area contributed by atoms with Crippen molar-refractivity contribution in [2.45, 2.75) is 13.8 Å². The molecule has 0 saturated heterocycles. The molecule has 0 N–H and O–H groups in total. The van der Waals surface area contributed by atoms with Crippen molar-refractivity contribution in [3.63, 3.8) is 0 Å². The first-order valence-electron chi connectivity index (χ1n) is 7.03. The molecule has 120 valence electrons. The van der Waals surface area contributed by atoms with Crippen LogP contribution in [-0.4, -0.2) is 25.5 Å². The fourth-order valence-electron chi connectivity index (χ4n) is 2.00. The molecule has 0 aliphatic carbocycles. The number of hydrogen-bond acceptors (Lipinski definition) is 4. The Hall–Kier alpha value is -2.14. The van der Waals surface area contributed by atoms with Gasteiger partial charge in [0.15, 0.2) is 12.4 Å². The summed E-state index contributed by atoms with van der Waals surface area (Å²) in [5.74, 6) is -0.0321. The van der Waals surface area contributed by atoms with Crippen LogP contribution in [0.5, 0.6) is 5.75 Å². The van der Waals surface area contributed by atoms with Gasteiger partial charge in [-0.05, 0) is 65.2 Å². The maximum absolute atomic E-state index is 12.2. The van der Waals surface area contributed by atoms with E-state index in [-0.39, 0.29) is 12.4 Å². The third-order valence-electron chi connectivity index (χ3n) is 3.54. The topological polar surface area (TPSA) is 52.6 Å². The predicted octanol–water partition coefficient (Wildman–Crippen LogP) is 4.11. The van der Waals surface area contributed by atoms with Crippen molar-refractivity contribution in [3.05, 3.63) is 63.1 Å². The first kappa shape index (κ1) is 17.2. The lowest BCUT2D eigenvalue weighted by Crippen LogP contribution is -2.12. The Balaban J connectivity index is 2.07. The largest absolute Gasteiger partial charge is 0.484 e. The summed E-state index contributed by atoms with van der Waals surface area (Å²) in [5, 5.41) is 0. The Kier molecular flexibility index (Phi) is 5.55. The average Bonchev–Trinajstić information content (AvgIpc) is 2.55. The lowest BCUT2D eigenvalue weighted by molar-refractivity contribution is 0.0600. The van der Waals surface area contributed by atoms with E-state index < -0.39 is 5.97 Å². The van der Waals surface area contributed by atoms with Crippen molar-refractivity contribution >= 4 is 27.7 Å². The van der Waals surface area contributed by atoms with Crippen LogP contribution in [0.2, 0.25) is 0 Å². The number of benzene rings is 2. The van der Waals surface area contributed by atoms with Crippen LogP contribution < -0.4 is 4.74 Å². The molecular formula is C18H17BrO4. The molecule has 5 heteroatoms. The Bertz CT molecular complexity index is 753. The van der Waals surface area contributed by atoms with Crippen LogP contribution in [0.4, 0.5) is 0 Å². The average molecular weight is 377 g/mol. The summed E-state index contributed by atoms with van der Waals surface area (Å²) in [7, 11) is 1.32. The highest BCUT2D eigenvalue weighted by Gasteiger charge is 2.12. The Morgan fingerprint density at radius 2 is 1.70 bits per heavy atom. The lowest BCUT2D eigenvalue weighted by Gasteiger charge is -2.09. The van der Waals surface area contributed by atoms with Gasteiger partial charge in [0.2, 0.25) is 0 Å². The molecular weight excluding hydrogens is 360 g/mol. The molecule has 0 aliphatic rings. The fourth-order valence-corrected chi connectivity index (χ4v) is 2.50. The first-order chi connectivity index (χ1) is 10.9. The number of carbonyl (C=O) groups excluding carboxylic acids is 2. The van der Waals surface area contributed by atoms with Crippen LogP contribution in [0.3, 0.4) is 0 Å². The minimum Gasteiger partial charge on any atom is -0.484 e. The zero-order valence-electron chi connectivity index (χ0n) is 13.2. The highest BCUT2D eigenvalue weighted by atomic mass is 79.9. The SMILES string of the molecule is COC(=O)c1ccc(OCC(=O)c2ccc(C)c(C)c2)c(Br)c1. The summed E-state index contributed by atoms with van der Waals surface area (Å²) < 4.78 is 10.8. The number of aryl methyl sites for hydroxylation is 2. The predicted molar refractivity (Wildman–Crippen MR) is 91.2 cm³/mol. The molecule has 0 bridgehead atoms. The van der Waals surface area contributed by atoms with Crippen molar-refractivity contribution in [1.29, 1.82) is 0 Å². The number of methoxy groups -OCH3 is 1. The van der Waals surface area contributed by atoms with Crippen LogP contribution >= 0.6 is 15.9 Å². The Labute approximate surface area is 143 Å². The summed E-state index contributed by atoms with van der Waals surface area (Å²) >= 11 is 3.33. The normalized spacial score (nSPS) is 10.3. The molecule has 23 heavy (non-hydrogen) atoms. The van der Waals surface area contributed by atoms with Crippen LogP contribution in [-0.2, 0) is 4.74 Å². The minimum atomic E-state index is -0.427. The highest BCUT2D eigenvalue weighted by Crippen LogP contribution is 2.26. The van der Waals surface area contributed by atoms with Gasteiger partial charge in [-0.2, -0.15) is 0 Å². The van der Waals surface area contributed by atoms with Gasteiger partial charge in [-0.1, -0.05) is 12.1 Å². The quantitative estimate of drug-likeness (QED) is 0.581. The second-order valence-corrected chi connectivity index (χ2v) is 6.00. The maximum Gasteiger partial charge on any atom is 0.337 e. The smallest absolute Gasteiger partial charge is 0.337 e. The molecule has 0 aliphatic heterocycles. The van der Waals surface area contributed by atoms with Crippen LogP contribution in [0.15, 0.2) is 40.9 Å². The molecule has 0 radical (unpaired) electrons. The van der Waals surface area contributed by atoms with E-state index in [0.29, 0.717) is 21.3 Å². The van der Waals surface area contributed by atoms with Crippen molar-refractivity contribution in [3.8, 4) is 5.75 Å². The van der Waals surface area contributed by atoms with E-state index in [1.165, 1.54) is 7.11 Å². The van der Waals surface area contributed by atoms with Crippen LogP contribution in [0.1, 0.15) is 31.8 Å². The molecule has 0 amide bonds. The summed E-state index contributed by atoms with van der Waals surface area (Å²) in [5.41, 5.74) is 3.24. The first-order valence-corrected chi connectivity index (χ1v) is 7.83. The number of hydrogen-bond donors (Lipinski definition) is 0. The van der Waals surface area contributed by atoms with Gasteiger partial charge in [-0.25, -0.2) is 4.79 Å². The molecule has 0 spiro atoms. The molecule has 0 atom stereocenters. The number of rotatable bonds is 5. The van der Waals surface area contributed by atoms with Crippen LogP contribution in [0, 0.1) is 13.8 Å². The Morgan fingerprint density at radius 1 is 1.00 bits per heavy atom. The summed E-state index contributed by atoms with van der Waals surface area (Å²) in [6, 6.07) is 10.4. The zero-order valence-corrected chi connectivity index (χ0v) is 14.8. The fraction of sp³-hybridized carbons (Fsp3) is 0.222. The van der Waals surface area contributed by atoms with E-state index in [2.05, 4.69) is 20.7 Å². The lowest BCUT2D eigenvalue weighted by atomic mass is 10.0. The zero-order chi connectivity index (χ0) is 17.0. The molecule has 2 aromatic rings.